The van der Waals surface area contributed by atoms with E-state index in [2.05, 4.69) is 15.3 Å². The average molecular weight is 199 g/mol. The summed E-state index contributed by atoms with van der Waals surface area (Å²) >= 11 is 0. The second-order valence-electron chi connectivity index (χ2n) is 2.62. The van der Waals surface area contributed by atoms with E-state index in [4.69, 9.17) is 9.84 Å². The van der Waals surface area contributed by atoms with Crippen molar-refractivity contribution in [3.63, 3.8) is 0 Å². The number of aliphatic hydroxyl groups excluding tert-OH is 1. The summed E-state index contributed by atoms with van der Waals surface area (Å²) in [5.74, 6) is 0.551. The molecule has 78 valence electrons. The Morgan fingerprint density at radius 2 is 2.50 bits per heavy atom. The molecule has 0 atom stereocenters. The molecule has 1 aromatic heterocycles. The number of H-pyrrole nitrogens is 1. The number of nitrogens with one attached hydrogen (secondary N) is 2. The van der Waals surface area contributed by atoms with Crippen LogP contribution in [0.5, 0.6) is 5.75 Å². The Bertz CT molecular complexity index is 337. The lowest BCUT2D eigenvalue weighted by Gasteiger charge is -2.07. The minimum absolute atomic E-state index is 0.0957. The van der Waals surface area contributed by atoms with Gasteiger partial charge in [-0.25, -0.2) is 4.98 Å². The van der Waals surface area contributed by atoms with Crippen molar-refractivity contribution in [2.24, 2.45) is 0 Å². The lowest BCUT2D eigenvalue weighted by Crippen LogP contribution is -2.15. The van der Waals surface area contributed by atoms with Crippen molar-refractivity contribution in [3.8, 4) is 5.75 Å². The largest absolute Gasteiger partial charge is 0.489 e. The molecule has 0 radical (unpaired) electrons. The van der Waals surface area contributed by atoms with Crippen LogP contribution in [0.4, 0.5) is 5.82 Å². The van der Waals surface area contributed by atoms with Crippen LogP contribution in [0, 0.1) is 0 Å². The molecule has 1 rings (SSSR count). The van der Waals surface area contributed by atoms with Crippen molar-refractivity contribution in [3.05, 3.63) is 16.7 Å². The van der Waals surface area contributed by atoms with Gasteiger partial charge in [0.25, 0.3) is 5.56 Å². The van der Waals surface area contributed by atoms with Crippen LogP contribution in [-0.4, -0.2) is 35.3 Å². The number of hydrogen-bond acceptors (Lipinski definition) is 5. The van der Waals surface area contributed by atoms with Crippen LogP contribution in [0.15, 0.2) is 11.1 Å². The van der Waals surface area contributed by atoms with Crippen LogP contribution in [-0.2, 0) is 0 Å². The van der Waals surface area contributed by atoms with E-state index in [0.29, 0.717) is 18.8 Å². The van der Waals surface area contributed by atoms with Crippen molar-refractivity contribution in [2.75, 3.05) is 25.6 Å². The van der Waals surface area contributed by atoms with Gasteiger partial charge in [0.15, 0.2) is 5.82 Å². The second-order valence-corrected chi connectivity index (χ2v) is 2.62. The molecule has 0 fully saturated rings. The summed E-state index contributed by atoms with van der Waals surface area (Å²) in [6, 6.07) is 0. The number of anilines is 1. The van der Waals surface area contributed by atoms with Crippen molar-refractivity contribution < 1.29 is 9.84 Å². The van der Waals surface area contributed by atoms with Gasteiger partial charge >= 0.3 is 0 Å². The Morgan fingerprint density at radius 1 is 1.71 bits per heavy atom. The molecule has 1 heterocycles. The number of nitrogens with zero attached hydrogens (tertiary/aromatic N) is 1. The quantitative estimate of drug-likeness (QED) is 0.560. The van der Waals surface area contributed by atoms with E-state index in [9.17, 15) is 4.79 Å². The van der Waals surface area contributed by atoms with Crippen LogP contribution in [0.3, 0.4) is 0 Å². The van der Waals surface area contributed by atoms with E-state index >= 15 is 0 Å². The molecule has 0 aliphatic heterocycles. The molecule has 0 bridgehead atoms. The lowest BCUT2D eigenvalue weighted by atomic mass is 10.4. The molecule has 14 heavy (non-hydrogen) atoms. The summed E-state index contributed by atoms with van der Waals surface area (Å²) in [6.07, 6.45) is 1.89. The average Bonchev–Trinajstić information content (AvgIpc) is 2.18. The predicted octanol–water partition coefficient (Wildman–Crippen LogP) is -0.427. The molecule has 0 spiro atoms. The Kier molecular flexibility index (Phi) is 3.93. The van der Waals surface area contributed by atoms with Crippen molar-refractivity contribution in [1.82, 2.24) is 9.97 Å². The van der Waals surface area contributed by atoms with Crippen LogP contribution >= 0.6 is 0 Å². The summed E-state index contributed by atoms with van der Waals surface area (Å²) in [5.41, 5.74) is -0.325. The maximum absolute atomic E-state index is 11.2. The first-order valence-electron chi connectivity index (χ1n) is 4.26. The zero-order chi connectivity index (χ0) is 10.4. The molecule has 1 aromatic rings. The predicted molar refractivity (Wildman–Crippen MR) is 51.6 cm³/mol. The van der Waals surface area contributed by atoms with E-state index in [0.717, 1.165) is 0 Å². The first-order chi connectivity index (χ1) is 6.79. The van der Waals surface area contributed by atoms with Crippen LogP contribution in [0.1, 0.15) is 6.42 Å². The molecule has 6 heteroatoms. The van der Waals surface area contributed by atoms with Gasteiger partial charge in [0.1, 0.15) is 0 Å². The van der Waals surface area contributed by atoms with Gasteiger partial charge in [-0.15, -0.1) is 0 Å². The van der Waals surface area contributed by atoms with Crippen molar-refractivity contribution in [1.29, 1.82) is 0 Å². The number of aliphatic hydroxyl groups is 1. The summed E-state index contributed by atoms with van der Waals surface area (Å²) < 4.78 is 4.88. The lowest BCUT2D eigenvalue weighted by molar-refractivity contribution is 0.292. The topological polar surface area (TPSA) is 87.2 Å². The highest BCUT2D eigenvalue weighted by Gasteiger charge is 2.06. The fourth-order valence-corrected chi connectivity index (χ4v) is 0.988. The second kappa shape index (κ2) is 5.23. The molecule has 0 amide bonds. The summed E-state index contributed by atoms with van der Waals surface area (Å²) in [6.45, 7) is 0.641. The molecule has 0 unspecified atom stereocenters. The number of rotatable bonds is 5. The fourth-order valence-electron chi connectivity index (χ4n) is 0.988. The number of hydrogen-bond donors (Lipinski definition) is 3. The monoisotopic (exact) mass is 199 g/mol. The minimum Gasteiger partial charge on any atom is -0.489 e. The van der Waals surface area contributed by atoms with Gasteiger partial charge in [-0.3, -0.25) is 4.79 Å². The third-order valence-corrected chi connectivity index (χ3v) is 1.64. The highest BCUT2D eigenvalue weighted by Crippen LogP contribution is 2.13. The SMILES string of the molecule is COc1c(NCCCO)nc[nH]c1=O. The molecule has 3 N–H and O–H groups in total. The van der Waals surface area contributed by atoms with Crippen LogP contribution in [0.25, 0.3) is 0 Å². The van der Waals surface area contributed by atoms with Gasteiger partial charge < -0.3 is 20.1 Å². The number of methoxy groups -OCH3 is 1. The number of aromatic nitrogens is 2. The summed E-state index contributed by atoms with van der Waals surface area (Å²) in [7, 11) is 1.41. The van der Waals surface area contributed by atoms with E-state index in [1.807, 2.05) is 0 Å². The third kappa shape index (κ3) is 2.46. The highest BCUT2D eigenvalue weighted by atomic mass is 16.5. The Hall–Kier alpha value is -1.56. The smallest absolute Gasteiger partial charge is 0.295 e. The van der Waals surface area contributed by atoms with E-state index in [1.165, 1.54) is 13.4 Å². The first kappa shape index (κ1) is 10.5. The molecular formula is C8H13N3O3. The molecular weight excluding hydrogens is 186 g/mol. The van der Waals surface area contributed by atoms with Gasteiger partial charge in [0.05, 0.1) is 13.4 Å². The van der Waals surface area contributed by atoms with Crippen molar-refractivity contribution in [2.45, 2.75) is 6.42 Å². The van der Waals surface area contributed by atoms with Crippen LogP contribution < -0.4 is 15.6 Å². The fraction of sp³-hybridized carbons (Fsp3) is 0.500. The molecule has 0 aliphatic rings. The maximum Gasteiger partial charge on any atom is 0.295 e. The van der Waals surface area contributed by atoms with Gasteiger partial charge in [-0.05, 0) is 6.42 Å². The highest BCUT2D eigenvalue weighted by molar-refractivity contribution is 5.47. The van der Waals surface area contributed by atoms with E-state index in [-0.39, 0.29) is 17.9 Å². The van der Waals surface area contributed by atoms with Gasteiger partial charge in [0, 0.05) is 13.2 Å². The summed E-state index contributed by atoms with van der Waals surface area (Å²) in [4.78, 5) is 17.5. The van der Waals surface area contributed by atoms with E-state index < -0.39 is 0 Å². The Labute approximate surface area is 80.9 Å². The Morgan fingerprint density at radius 3 is 3.14 bits per heavy atom. The summed E-state index contributed by atoms with van der Waals surface area (Å²) in [5, 5.41) is 11.5. The van der Waals surface area contributed by atoms with Gasteiger partial charge in [-0.1, -0.05) is 0 Å². The molecule has 6 nitrogen and oxygen atoms in total. The van der Waals surface area contributed by atoms with Gasteiger partial charge in [-0.2, -0.15) is 0 Å². The normalized spacial score (nSPS) is 9.86. The van der Waals surface area contributed by atoms with Crippen molar-refractivity contribution >= 4 is 5.82 Å². The minimum atomic E-state index is -0.325. The molecule has 0 saturated carbocycles. The zero-order valence-electron chi connectivity index (χ0n) is 7.91. The molecule has 0 saturated heterocycles. The Balaban J connectivity index is 2.75. The number of ether oxygens (including phenoxy) is 1. The number of aromatic amines is 1. The zero-order valence-corrected chi connectivity index (χ0v) is 7.91. The van der Waals surface area contributed by atoms with Crippen LogP contribution in [0.2, 0.25) is 0 Å². The molecule has 0 aliphatic carbocycles. The maximum atomic E-state index is 11.2. The first-order valence-corrected chi connectivity index (χ1v) is 4.26. The molecule has 0 aromatic carbocycles. The standard InChI is InChI=1S/C8H13N3O3/c1-14-6-7(9-3-2-4-12)10-5-11-8(6)13/h5,12H,2-4H2,1H3,(H2,9,10,11,13). The third-order valence-electron chi connectivity index (χ3n) is 1.64. The van der Waals surface area contributed by atoms with Gasteiger partial charge in [0.2, 0.25) is 5.75 Å². The van der Waals surface area contributed by atoms with E-state index in [1.54, 1.807) is 0 Å².